The number of piperidine rings is 1. The molecular formula is C17H22ClF3N4O3. The van der Waals surface area contributed by atoms with E-state index in [9.17, 15) is 22.8 Å². The number of carbonyl (C=O) groups excluding carboxylic acids is 2. The van der Waals surface area contributed by atoms with Gasteiger partial charge in [0.1, 0.15) is 10.8 Å². The number of halogens is 4. The number of rotatable bonds is 3. The highest BCUT2D eigenvalue weighted by molar-refractivity contribution is 6.29. The molecule has 0 aliphatic carbocycles. The fraction of sp³-hybridized carbons (Fsp3) is 0.588. The van der Waals surface area contributed by atoms with Gasteiger partial charge in [0.2, 0.25) is 0 Å². The Morgan fingerprint density at radius 1 is 1.36 bits per heavy atom. The molecule has 0 unspecified atom stereocenters. The van der Waals surface area contributed by atoms with E-state index in [1.54, 1.807) is 20.8 Å². The monoisotopic (exact) mass is 422 g/mol. The van der Waals surface area contributed by atoms with E-state index in [0.717, 1.165) is 11.1 Å². The second kappa shape index (κ2) is 8.02. The van der Waals surface area contributed by atoms with Gasteiger partial charge in [-0.25, -0.2) is 9.78 Å². The Hall–Kier alpha value is -2.23. The van der Waals surface area contributed by atoms with Crippen molar-refractivity contribution < 1.29 is 27.5 Å². The van der Waals surface area contributed by atoms with Gasteiger partial charge in [-0.1, -0.05) is 11.6 Å². The van der Waals surface area contributed by atoms with Crippen molar-refractivity contribution in [3.05, 3.63) is 23.0 Å². The Labute approximate surface area is 165 Å². The summed E-state index contributed by atoms with van der Waals surface area (Å²) in [4.78, 5) is 28.5. The fourth-order valence-corrected chi connectivity index (χ4v) is 3.05. The van der Waals surface area contributed by atoms with Crippen LogP contribution in [0.3, 0.4) is 0 Å². The number of aromatic nitrogens is 1. The topological polar surface area (TPSA) is 97.6 Å². The number of alkyl halides is 3. The van der Waals surface area contributed by atoms with Gasteiger partial charge in [0.25, 0.3) is 5.91 Å². The Kier molecular flexibility index (Phi) is 6.32. The number of pyridine rings is 1. The second-order valence-corrected chi connectivity index (χ2v) is 7.92. The van der Waals surface area contributed by atoms with Gasteiger partial charge in [-0.05, 0) is 33.3 Å². The maximum absolute atomic E-state index is 13.7. The van der Waals surface area contributed by atoms with Crippen molar-refractivity contribution >= 4 is 29.3 Å². The number of hydrogen-bond acceptors (Lipinski definition) is 5. The van der Waals surface area contributed by atoms with E-state index in [4.69, 9.17) is 22.1 Å². The summed E-state index contributed by atoms with van der Waals surface area (Å²) < 4.78 is 46.1. The summed E-state index contributed by atoms with van der Waals surface area (Å²) in [5, 5.41) is 2.71. The van der Waals surface area contributed by atoms with Crippen LogP contribution in [0.1, 0.15) is 37.6 Å². The minimum Gasteiger partial charge on any atom is -0.444 e. The predicted molar refractivity (Wildman–Crippen MR) is 97.1 cm³/mol. The molecule has 0 bridgehead atoms. The SMILES string of the molecule is CC(C)(C)OC(=O)N1CC[C@@H](Nc2cc(Cl)ncc2C(N)=O)[C@@H](C(F)(F)F)C1. The van der Waals surface area contributed by atoms with Crippen LogP contribution in [0.25, 0.3) is 0 Å². The molecule has 1 fully saturated rings. The predicted octanol–water partition coefficient (Wildman–Crippen LogP) is 3.43. The van der Waals surface area contributed by atoms with Gasteiger partial charge >= 0.3 is 12.3 Å². The number of hydrogen-bond donors (Lipinski definition) is 2. The molecule has 11 heteroatoms. The molecule has 2 rings (SSSR count). The lowest BCUT2D eigenvalue weighted by atomic mass is 9.91. The Bertz CT molecular complexity index is 752. The van der Waals surface area contributed by atoms with Crippen LogP contribution < -0.4 is 11.1 Å². The van der Waals surface area contributed by atoms with Crippen molar-refractivity contribution in [3.63, 3.8) is 0 Å². The summed E-state index contributed by atoms with van der Waals surface area (Å²) in [6.45, 7) is 4.40. The molecule has 0 radical (unpaired) electrons. The summed E-state index contributed by atoms with van der Waals surface area (Å²) >= 11 is 5.80. The molecule has 3 N–H and O–H groups in total. The van der Waals surface area contributed by atoms with Gasteiger partial charge in [-0.15, -0.1) is 0 Å². The highest BCUT2D eigenvalue weighted by Gasteiger charge is 2.49. The molecule has 28 heavy (non-hydrogen) atoms. The third kappa shape index (κ3) is 5.63. The van der Waals surface area contributed by atoms with Crippen LogP contribution in [-0.4, -0.2) is 52.8 Å². The maximum atomic E-state index is 13.7. The standard InChI is InChI=1S/C17H22ClF3N4O3/c1-16(2,3)28-15(27)25-5-4-11(10(8-25)17(19,20)21)24-12-6-13(18)23-7-9(12)14(22)26/h6-7,10-11H,4-5,8H2,1-3H3,(H2,22,26)(H,23,24)/t10-,11+/m0/s1. The summed E-state index contributed by atoms with van der Waals surface area (Å²) in [6, 6.07) is 0.158. The summed E-state index contributed by atoms with van der Waals surface area (Å²) in [7, 11) is 0. The first-order valence-electron chi connectivity index (χ1n) is 8.54. The molecular weight excluding hydrogens is 401 g/mol. The normalized spacial score (nSPS) is 20.6. The molecule has 7 nitrogen and oxygen atoms in total. The van der Waals surface area contributed by atoms with Gasteiger partial charge in [0, 0.05) is 25.3 Å². The lowest BCUT2D eigenvalue weighted by molar-refractivity contribution is -0.187. The van der Waals surface area contributed by atoms with Crippen molar-refractivity contribution in [3.8, 4) is 0 Å². The molecule has 156 valence electrons. The molecule has 0 aromatic carbocycles. The van der Waals surface area contributed by atoms with Crippen molar-refractivity contribution in [2.24, 2.45) is 11.7 Å². The van der Waals surface area contributed by atoms with Crippen molar-refractivity contribution in [2.75, 3.05) is 18.4 Å². The minimum atomic E-state index is -4.58. The molecule has 1 saturated heterocycles. The van der Waals surface area contributed by atoms with Crippen LogP contribution in [0, 0.1) is 5.92 Å². The van der Waals surface area contributed by atoms with Gasteiger partial charge in [-0.2, -0.15) is 13.2 Å². The van der Waals surface area contributed by atoms with E-state index in [2.05, 4.69) is 10.3 Å². The first-order chi connectivity index (χ1) is 12.8. The van der Waals surface area contributed by atoms with Gasteiger partial charge < -0.3 is 20.7 Å². The largest absolute Gasteiger partial charge is 0.444 e. The van der Waals surface area contributed by atoms with E-state index in [1.807, 2.05) is 0 Å². The first-order valence-corrected chi connectivity index (χ1v) is 8.92. The molecule has 1 aromatic rings. The lowest BCUT2D eigenvalue weighted by Gasteiger charge is -2.40. The third-order valence-electron chi connectivity index (χ3n) is 4.16. The van der Waals surface area contributed by atoms with Crippen LogP contribution in [0.2, 0.25) is 5.15 Å². The number of amides is 2. The van der Waals surface area contributed by atoms with E-state index in [0.29, 0.717) is 0 Å². The number of nitrogens with zero attached hydrogens (tertiary/aromatic N) is 2. The fourth-order valence-electron chi connectivity index (χ4n) is 2.89. The summed E-state index contributed by atoms with van der Waals surface area (Å²) in [5.74, 6) is -2.72. The molecule has 0 saturated carbocycles. The number of nitrogens with one attached hydrogen (secondary N) is 1. The molecule has 2 amide bonds. The molecule has 0 spiro atoms. The molecule has 1 aliphatic heterocycles. The van der Waals surface area contributed by atoms with Gasteiger partial charge in [0.15, 0.2) is 0 Å². The molecule has 2 heterocycles. The van der Waals surface area contributed by atoms with Crippen LogP contribution >= 0.6 is 11.6 Å². The zero-order valence-corrected chi connectivity index (χ0v) is 16.4. The maximum Gasteiger partial charge on any atom is 0.410 e. The number of nitrogens with two attached hydrogens (primary N) is 1. The van der Waals surface area contributed by atoms with Gasteiger partial charge in [-0.3, -0.25) is 4.79 Å². The van der Waals surface area contributed by atoms with Gasteiger partial charge in [0.05, 0.1) is 17.2 Å². The first kappa shape index (κ1) is 22.1. The average molecular weight is 423 g/mol. The van der Waals surface area contributed by atoms with E-state index in [-0.39, 0.29) is 29.4 Å². The summed E-state index contributed by atoms with van der Waals surface area (Å²) in [5.41, 5.74) is 4.44. The smallest absolute Gasteiger partial charge is 0.410 e. The number of anilines is 1. The zero-order valence-electron chi connectivity index (χ0n) is 15.6. The molecule has 1 aliphatic rings. The Balaban J connectivity index is 2.23. The van der Waals surface area contributed by atoms with Crippen molar-refractivity contribution in [1.82, 2.24) is 9.88 Å². The number of likely N-dealkylation sites (tertiary alicyclic amines) is 1. The second-order valence-electron chi connectivity index (χ2n) is 7.53. The van der Waals surface area contributed by atoms with Crippen LogP contribution in [0.15, 0.2) is 12.3 Å². The van der Waals surface area contributed by atoms with Crippen LogP contribution in [-0.2, 0) is 4.74 Å². The zero-order chi connectivity index (χ0) is 21.3. The number of primary amides is 1. The quantitative estimate of drug-likeness (QED) is 0.727. The van der Waals surface area contributed by atoms with E-state index in [1.165, 1.54) is 6.07 Å². The Morgan fingerprint density at radius 3 is 2.54 bits per heavy atom. The Morgan fingerprint density at radius 2 is 2.00 bits per heavy atom. The van der Waals surface area contributed by atoms with E-state index >= 15 is 0 Å². The highest BCUT2D eigenvalue weighted by atomic mass is 35.5. The highest BCUT2D eigenvalue weighted by Crippen LogP contribution is 2.36. The number of ether oxygens (including phenoxy) is 1. The number of carbonyl (C=O) groups is 2. The summed E-state index contributed by atoms with van der Waals surface area (Å²) in [6.07, 6.45) is -4.29. The molecule has 2 atom stereocenters. The van der Waals surface area contributed by atoms with E-state index < -0.39 is 42.3 Å². The third-order valence-corrected chi connectivity index (χ3v) is 4.37. The molecule has 1 aromatic heterocycles. The van der Waals surface area contributed by atoms with Crippen molar-refractivity contribution in [2.45, 2.75) is 45.0 Å². The van der Waals surface area contributed by atoms with Crippen LogP contribution in [0.4, 0.5) is 23.7 Å². The lowest BCUT2D eigenvalue weighted by Crippen LogP contribution is -2.54. The van der Waals surface area contributed by atoms with Crippen molar-refractivity contribution in [1.29, 1.82) is 0 Å². The average Bonchev–Trinajstić information content (AvgIpc) is 2.52. The minimum absolute atomic E-state index is 0.00208. The van der Waals surface area contributed by atoms with Crippen LogP contribution in [0.5, 0.6) is 0 Å².